The summed E-state index contributed by atoms with van der Waals surface area (Å²) in [5, 5.41) is 2.71. The molecule has 128 valence electrons. The molecule has 0 bridgehead atoms. The number of fused-ring (bicyclic) bond motifs is 1. The highest BCUT2D eigenvalue weighted by Crippen LogP contribution is 2.28. The Bertz CT molecular complexity index is 856. The largest absolute Gasteiger partial charge is 0.491 e. The van der Waals surface area contributed by atoms with E-state index in [9.17, 15) is 14.4 Å². The minimum Gasteiger partial charge on any atom is -0.491 e. The van der Waals surface area contributed by atoms with Gasteiger partial charge in [0, 0.05) is 12.6 Å². The quantitative estimate of drug-likeness (QED) is 0.870. The smallest absolute Gasteiger partial charge is 0.263 e. The first-order valence-corrected chi connectivity index (χ1v) is 7.92. The van der Waals surface area contributed by atoms with Gasteiger partial charge in [-0.3, -0.25) is 19.3 Å². The first-order valence-electron chi connectivity index (χ1n) is 7.92. The molecule has 25 heavy (non-hydrogen) atoms. The lowest BCUT2D eigenvalue weighted by Crippen LogP contribution is -2.24. The molecule has 2 aromatic rings. The molecule has 1 heterocycles. The second-order valence-corrected chi connectivity index (χ2v) is 6.04. The number of benzene rings is 2. The van der Waals surface area contributed by atoms with Crippen molar-refractivity contribution in [1.82, 2.24) is 4.90 Å². The highest BCUT2D eigenvalue weighted by molar-refractivity contribution is 6.24. The molecule has 6 heteroatoms. The maximum absolute atomic E-state index is 12.5. The standard InChI is InChI=1S/C19H18N2O4/c1-11(2)25-13-9-7-12(8-10-13)17(22)20-15-6-4-5-14-16(15)19(24)21(3)18(14)23/h4-11H,1-3H3,(H,20,22). The molecule has 3 amide bonds. The number of ether oxygens (including phenoxy) is 1. The van der Waals surface area contributed by atoms with E-state index in [4.69, 9.17) is 4.74 Å². The third-order valence-electron chi connectivity index (χ3n) is 3.85. The molecule has 0 fully saturated rings. The van der Waals surface area contributed by atoms with Crippen LogP contribution in [0.4, 0.5) is 5.69 Å². The molecule has 0 radical (unpaired) electrons. The van der Waals surface area contributed by atoms with Gasteiger partial charge in [0.05, 0.1) is 22.9 Å². The lowest BCUT2D eigenvalue weighted by molar-refractivity contribution is 0.0693. The summed E-state index contributed by atoms with van der Waals surface area (Å²) in [4.78, 5) is 37.7. The van der Waals surface area contributed by atoms with E-state index in [1.807, 2.05) is 13.8 Å². The fraction of sp³-hybridized carbons (Fsp3) is 0.211. The van der Waals surface area contributed by atoms with Gasteiger partial charge in [0.2, 0.25) is 0 Å². The Labute approximate surface area is 145 Å². The second-order valence-electron chi connectivity index (χ2n) is 6.04. The molecule has 0 aromatic heterocycles. The van der Waals surface area contributed by atoms with Crippen LogP contribution in [0.1, 0.15) is 44.9 Å². The molecule has 0 spiro atoms. The number of rotatable bonds is 4. The molecule has 1 aliphatic rings. The highest BCUT2D eigenvalue weighted by Gasteiger charge is 2.35. The van der Waals surface area contributed by atoms with E-state index >= 15 is 0 Å². The molecule has 0 aliphatic carbocycles. The molecule has 0 saturated carbocycles. The minimum atomic E-state index is -0.420. The van der Waals surface area contributed by atoms with Crippen molar-refractivity contribution in [1.29, 1.82) is 0 Å². The zero-order valence-electron chi connectivity index (χ0n) is 14.2. The zero-order valence-corrected chi connectivity index (χ0v) is 14.2. The number of carbonyl (C=O) groups excluding carboxylic acids is 3. The van der Waals surface area contributed by atoms with Gasteiger partial charge in [-0.2, -0.15) is 0 Å². The number of nitrogens with one attached hydrogen (secondary N) is 1. The second kappa shape index (κ2) is 6.39. The summed E-state index contributed by atoms with van der Waals surface area (Å²) in [7, 11) is 1.42. The minimum absolute atomic E-state index is 0.0483. The first-order chi connectivity index (χ1) is 11.9. The third kappa shape index (κ3) is 3.10. The van der Waals surface area contributed by atoms with Gasteiger partial charge in [0.15, 0.2) is 0 Å². The average Bonchev–Trinajstić information content (AvgIpc) is 2.80. The summed E-state index contributed by atoms with van der Waals surface area (Å²) >= 11 is 0. The summed E-state index contributed by atoms with van der Waals surface area (Å²) < 4.78 is 5.55. The fourth-order valence-electron chi connectivity index (χ4n) is 2.66. The van der Waals surface area contributed by atoms with E-state index in [-0.39, 0.29) is 23.5 Å². The number of amides is 3. The van der Waals surface area contributed by atoms with Crippen molar-refractivity contribution in [3.8, 4) is 5.75 Å². The number of hydrogen-bond donors (Lipinski definition) is 1. The molecule has 0 atom stereocenters. The molecule has 6 nitrogen and oxygen atoms in total. The van der Waals surface area contributed by atoms with Gasteiger partial charge >= 0.3 is 0 Å². The number of imide groups is 1. The van der Waals surface area contributed by atoms with Gasteiger partial charge in [0.1, 0.15) is 5.75 Å². The summed E-state index contributed by atoms with van der Waals surface area (Å²) in [5.41, 5.74) is 1.28. The average molecular weight is 338 g/mol. The van der Waals surface area contributed by atoms with E-state index in [0.29, 0.717) is 22.6 Å². The van der Waals surface area contributed by atoms with Crippen molar-refractivity contribution in [2.24, 2.45) is 0 Å². The topological polar surface area (TPSA) is 75.7 Å². The zero-order chi connectivity index (χ0) is 18.1. The normalized spacial score (nSPS) is 13.2. The fourth-order valence-corrected chi connectivity index (χ4v) is 2.66. The Morgan fingerprint density at radius 2 is 1.72 bits per heavy atom. The molecule has 0 unspecified atom stereocenters. The molecular formula is C19H18N2O4. The van der Waals surface area contributed by atoms with Crippen molar-refractivity contribution in [2.75, 3.05) is 12.4 Å². The predicted molar refractivity (Wildman–Crippen MR) is 93.0 cm³/mol. The van der Waals surface area contributed by atoms with Crippen LogP contribution in [-0.2, 0) is 0 Å². The van der Waals surface area contributed by atoms with Gasteiger partial charge in [-0.15, -0.1) is 0 Å². The lowest BCUT2D eigenvalue weighted by Gasteiger charge is -2.11. The van der Waals surface area contributed by atoms with E-state index in [1.54, 1.807) is 42.5 Å². The van der Waals surface area contributed by atoms with Crippen LogP contribution in [0.2, 0.25) is 0 Å². The lowest BCUT2D eigenvalue weighted by atomic mass is 10.1. The predicted octanol–water partition coefficient (Wildman–Crippen LogP) is 2.95. The Hall–Kier alpha value is -3.15. The maximum Gasteiger partial charge on any atom is 0.263 e. The number of carbonyl (C=O) groups is 3. The van der Waals surface area contributed by atoms with Crippen LogP contribution in [0.25, 0.3) is 0 Å². The Balaban J connectivity index is 1.83. The van der Waals surface area contributed by atoms with Crippen LogP contribution < -0.4 is 10.1 Å². The van der Waals surface area contributed by atoms with Crippen LogP contribution in [0.3, 0.4) is 0 Å². The molecule has 1 aliphatic heterocycles. The van der Waals surface area contributed by atoms with Crippen molar-refractivity contribution in [2.45, 2.75) is 20.0 Å². The Morgan fingerprint density at radius 3 is 2.36 bits per heavy atom. The molecule has 0 saturated heterocycles. The van der Waals surface area contributed by atoms with E-state index in [0.717, 1.165) is 4.90 Å². The van der Waals surface area contributed by atoms with Gasteiger partial charge in [-0.05, 0) is 50.2 Å². The SMILES string of the molecule is CC(C)Oc1ccc(C(=O)Nc2cccc3c2C(=O)N(C)C3=O)cc1. The van der Waals surface area contributed by atoms with Gasteiger partial charge < -0.3 is 10.1 Å². The summed E-state index contributed by atoms with van der Waals surface area (Å²) in [6, 6.07) is 11.5. The van der Waals surface area contributed by atoms with Gasteiger partial charge in [0.25, 0.3) is 17.7 Å². The summed E-state index contributed by atoms with van der Waals surface area (Å²) in [6.07, 6.45) is 0.0483. The molecule has 1 N–H and O–H groups in total. The number of anilines is 1. The van der Waals surface area contributed by atoms with Crippen LogP contribution in [0, 0.1) is 0 Å². The van der Waals surface area contributed by atoms with Crippen molar-refractivity contribution < 1.29 is 19.1 Å². The Kier molecular flexibility index (Phi) is 4.27. The Morgan fingerprint density at radius 1 is 1.04 bits per heavy atom. The molecule has 3 rings (SSSR count). The number of nitrogens with zero attached hydrogens (tertiary/aromatic N) is 1. The monoisotopic (exact) mass is 338 g/mol. The van der Waals surface area contributed by atoms with Gasteiger partial charge in [-0.25, -0.2) is 0 Å². The number of hydrogen-bond acceptors (Lipinski definition) is 4. The van der Waals surface area contributed by atoms with Crippen molar-refractivity contribution in [3.05, 3.63) is 59.2 Å². The third-order valence-corrected chi connectivity index (χ3v) is 3.85. The molecule has 2 aromatic carbocycles. The van der Waals surface area contributed by atoms with Crippen LogP contribution in [0.5, 0.6) is 5.75 Å². The highest BCUT2D eigenvalue weighted by atomic mass is 16.5. The van der Waals surface area contributed by atoms with E-state index in [2.05, 4.69) is 5.32 Å². The van der Waals surface area contributed by atoms with Crippen LogP contribution in [0.15, 0.2) is 42.5 Å². The summed E-state index contributed by atoms with van der Waals surface area (Å²) in [5.74, 6) is -0.475. The summed E-state index contributed by atoms with van der Waals surface area (Å²) in [6.45, 7) is 3.85. The maximum atomic E-state index is 12.5. The van der Waals surface area contributed by atoms with Crippen LogP contribution in [-0.4, -0.2) is 35.8 Å². The molecular weight excluding hydrogens is 320 g/mol. The van der Waals surface area contributed by atoms with Crippen LogP contribution >= 0.6 is 0 Å². The first kappa shape index (κ1) is 16.7. The van der Waals surface area contributed by atoms with E-state index in [1.165, 1.54) is 7.05 Å². The van der Waals surface area contributed by atoms with Crippen molar-refractivity contribution >= 4 is 23.4 Å². The van der Waals surface area contributed by atoms with Crippen molar-refractivity contribution in [3.63, 3.8) is 0 Å². The van der Waals surface area contributed by atoms with E-state index < -0.39 is 5.91 Å². The van der Waals surface area contributed by atoms with Gasteiger partial charge in [-0.1, -0.05) is 6.07 Å².